The lowest BCUT2D eigenvalue weighted by Gasteiger charge is -2.04. The van der Waals surface area contributed by atoms with E-state index in [0.717, 1.165) is 12.8 Å². The number of fused-ring (bicyclic) bond motifs is 1. The van der Waals surface area contributed by atoms with Gasteiger partial charge in [0, 0.05) is 6.04 Å². The second-order valence-electron chi connectivity index (χ2n) is 4.18. The van der Waals surface area contributed by atoms with Gasteiger partial charge in [-0.15, -0.1) is 0 Å². The van der Waals surface area contributed by atoms with Gasteiger partial charge in [0.15, 0.2) is 0 Å². The number of imidazole rings is 1. The van der Waals surface area contributed by atoms with Crippen molar-refractivity contribution in [1.29, 1.82) is 0 Å². The van der Waals surface area contributed by atoms with E-state index in [2.05, 4.69) is 14.7 Å². The molecule has 1 saturated carbocycles. The highest BCUT2D eigenvalue weighted by atomic mass is 32.2. The fraction of sp³-hybridized carbons (Fsp3) is 0.300. The quantitative estimate of drug-likeness (QED) is 0.734. The average molecular weight is 253 g/mol. The third-order valence-corrected chi connectivity index (χ3v) is 4.22. The second-order valence-corrected chi connectivity index (χ2v) is 5.90. The number of benzene rings is 1. The van der Waals surface area contributed by atoms with Crippen molar-refractivity contribution in [3.63, 3.8) is 0 Å². The molecule has 3 N–H and O–H groups in total. The molecule has 3 rings (SSSR count). The minimum atomic E-state index is -3.47. The van der Waals surface area contributed by atoms with Gasteiger partial charge in [-0.3, -0.25) is 0 Å². The van der Waals surface area contributed by atoms with Gasteiger partial charge < -0.3 is 9.97 Å². The lowest BCUT2D eigenvalue weighted by molar-refractivity contribution is 0.581. The Labute approximate surface area is 97.1 Å². The van der Waals surface area contributed by atoms with Gasteiger partial charge in [-0.05, 0) is 31.0 Å². The smallest absolute Gasteiger partial charge is 0.306 e. The molecule has 17 heavy (non-hydrogen) atoms. The van der Waals surface area contributed by atoms with Crippen molar-refractivity contribution in [2.75, 3.05) is 0 Å². The Kier molecular flexibility index (Phi) is 2.14. The van der Waals surface area contributed by atoms with Gasteiger partial charge in [0.05, 0.1) is 15.9 Å². The Morgan fingerprint density at radius 2 is 1.88 bits per heavy atom. The molecule has 1 aromatic carbocycles. The van der Waals surface area contributed by atoms with Crippen LogP contribution in [0.4, 0.5) is 0 Å². The minimum absolute atomic E-state index is 0.0703. The summed E-state index contributed by atoms with van der Waals surface area (Å²) in [4.78, 5) is 16.3. The number of H-pyrrole nitrogens is 2. The van der Waals surface area contributed by atoms with Crippen LogP contribution in [-0.4, -0.2) is 24.4 Å². The molecule has 0 saturated heterocycles. The van der Waals surface area contributed by atoms with Crippen LogP contribution in [0.1, 0.15) is 12.8 Å². The van der Waals surface area contributed by atoms with Crippen molar-refractivity contribution in [1.82, 2.24) is 14.7 Å². The van der Waals surface area contributed by atoms with Crippen LogP contribution in [0.5, 0.6) is 0 Å². The number of sulfonamides is 1. The van der Waals surface area contributed by atoms with Crippen LogP contribution in [0.3, 0.4) is 0 Å². The predicted octanol–water partition coefficient (Wildman–Crippen LogP) is 0.297. The number of rotatable bonds is 3. The van der Waals surface area contributed by atoms with Crippen molar-refractivity contribution >= 4 is 21.1 Å². The molecular weight excluding hydrogens is 242 g/mol. The molecule has 0 aliphatic heterocycles. The SMILES string of the molecule is O=c1[nH]c2ccc(S(=O)(=O)NC3CC3)cc2[nH]1. The normalized spacial score (nSPS) is 16.5. The summed E-state index contributed by atoms with van der Waals surface area (Å²) in [6.07, 6.45) is 1.78. The summed E-state index contributed by atoms with van der Waals surface area (Å²) in [5, 5.41) is 0. The molecule has 0 bridgehead atoms. The second kappa shape index (κ2) is 3.44. The summed E-state index contributed by atoms with van der Waals surface area (Å²) >= 11 is 0. The van der Waals surface area contributed by atoms with Crippen molar-refractivity contribution < 1.29 is 8.42 Å². The van der Waals surface area contributed by atoms with E-state index in [1.807, 2.05) is 0 Å². The molecule has 6 nitrogen and oxygen atoms in total. The maximum absolute atomic E-state index is 11.9. The monoisotopic (exact) mass is 253 g/mol. The van der Waals surface area contributed by atoms with Crippen LogP contribution < -0.4 is 10.4 Å². The molecule has 2 aromatic rings. The van der Waals surface area contributed by atoms with Crippen LogP contribution in [-0.2, 0) is 10.0 Å². The van der Waals surface area contributed by atoms with Crippen molar-refractivity contribution in [3.05, 3.63) is 28.7 Å². The van der Waals surface area contributed by atoms with Gasteiger partial charge in [-0.25, -0.2) is 17.9 Å². The molecule has 0 atom stereocenters. The van der Waals surface area contributed by atoms with E-state index >= 15 is 0 Å². The average Bonchev–Trinajstić information content (AvgIpc) is 2.95. The number of aromatic amines is 2. The van der Waals surface area contributed by atoms with E-state index in [1.165, 1.54) is 12.1 Å². The topological polar surface area (TPSA) is 94.8 Å². The van der Waals surface area contributed by atoms with Crippen LogP contribution >= 0.6 is 0 Å². The molecule has 1 aliphatic rings. The van der Waals surface area contributed by atoms with Gasteiger partial charge in [-0.2, -0.15) is 0 Å². The molecule has 0 unspecified atom stereocenters. The number of hydrogen-bond donors (Lipinski definition) is 3. The van der Waals surface area contributed by atoms with Crippen LogP contribution in [0, 0.1) is 0 Å². The van der Waals surface area contributed by atoms with E-state index in [-0.39, 0.29) is 16.6 Å². The van der Waals surface area contributed by atoms with Gasteiger partial charge in [-0.1, -0.05) is 0 Å². The first kappa shape index (κ1) is 10.5. The Hall–Kier alpha value is -1.60. The highest BCUT2D eigenvalue weighted by molar-refractivity contribution is 7.89. The van der Waals surface area contributed by atoms with Gasteiger partial charge in [0.25, 0.3) is 0 Å². The van der Waals surface area contributed by atoms with E-state index in [1.54, 1.807) is 6.07 Å². The van der Waals surface area contributed by atoms with Gasteiger partial charge >= 0.3 is 5.69 Å². The van der Waals surface area contributed by atoms with E-state index in [4.69, 9.17) is 0 Å². The van der Waals surface area contributed by atoms with E-state index in [9.17, 15) is 13.2 Å². The molecule has 0 spiro atoms. The molecule has 1 aromatic heterocycles. The number of aromatic nitrogens is 2. The summed E-state index contributed by atoms with van der Waals surface area (Å²) in [5.74, 6) is 0. The predicted molar refractivity (Wildman–Crippen MR) is 62.3 cm³/mol. The van der Waals surface area contributed by atoms with E-state index < -0.39 is 10.0 Å². The zero-order chi connectivity index (χ0) is 12.0. The number of hydrogen-bond acceptors (Lipinski definition) is 3. The maximum atomic E-state index is 11.9. The highest BCUT2D eigenvalue weighted by Crippen LogP contribution is 2.23. The fourth-order valence-electron chi connectivity index (χ4n) is 1.67. The molecule has 90 valence electrons. The standard InChI is InChI=1S/C10H11N3O3S/c14-10-11-8-4-3-7(5-9(8)12-10)17(15,16)13-6-1-2-6/h3-6,13H,1-2H2,(H2,11,12,14). The first-order valence-corrected chi connectivity index (χ1v) is 6.77. The lowest BCUT2D eigenvalue weighted by Crippen LogP contribution is -2.25. The van der Waals surface area contributed by atoms with Crippen molar-refractivity contribution in [2.45, 2.75) is 23.8 Å². The summed E-state index contributed by atoms with van der Waals surface area (Å²) in [6, 6.07) is 4.59. The molecule has 0 amide bonds. The molecule has 1 fully saturated rings. The Morgan fingerprint density at radius 1 is 1.18 bits per heavy atom. The Morgan fingerprint density at radius 3 is 2.59 bits per heavy atom. The van der Waals surface area contributed by atoms with Gasteiger partial charge in [0.1, 0.15) is 0 Å². The van der Waals surface area contributed by atoms with Crippen LogP contribution in [0.2, 0.25) is 0 Å². The van der Waals surface area contributed by atoms with Crippen LogP contribution in [0.25, 0.3) is 11.0 Å². The summed E-state index contributed by atoms with van der Waals surface area (Å²) in [5.41, 5.74) is 0.749. The molecule has 1 heterocycles. The molecule has 1 aliphatic carbocycles. The van der Waals surface area contributed by atoms with Gasteiger partial charge in [0.2, 0.25) is 10.0 Å². The Bertz CT molecular complexity index is 725. The lowest BCUT2D eigenvalue weighted by atomic mass is 10.3. The molecular formula is C10H11N3O3S. The first-order valence-electron chi connectivity index (χ1n) is 5.29. The number of nitrogens with one attached hydrogen (secondary N) is 3. The summed E-state index contributed by atoms with van der Waals surface area (Å²) in [6.45, 7) is 0. The zero-order valence-electron chi connectivity index (χ0n) is 8.86. The summed E-state index contributed by atoms with van der Waals surface area (Å²) < 4.78 is 26.4. The maximum Gasteiger partial charge on any atom is 0.323 e. The van der Waals surface area contributed by atoms with E-state index in [0.29, 0.717) is 11.0 Å². The molecule has 0 radical (unpaired) electrons. The largest absolute Gasteiger partial charge is 0.323 e. The first-order chi connectivity index (χ1) is 8.04. The highest BCUT2D eigenvalue weighted by Gasteiger charge is 2.28. The minimum Gasteiger partial charge on any atom is -0.306 e. The molecule has 7 heteroatoms. The third-order valence-electron chi connectivity index (χ3n) is 2.70. The third kappa shape index (κ3) is 1.98. The van der Waals surface area contributed by atoms with Crippen molar-refractivity contribution in [3.8, 4) is 0 Å². The van der Waals surface area contributed by atoms with Crippen molar-refractivity contribution in [2.24, 2.45) is 0 Å². The summed E-state index contributed by atoms with van der Waals surface area (Å²) in [7, 11) is -3.47. The fourth-order valence-corrected chi connectivity index (χ4v) is 3.00. The van der Waals surface area contributed by atoms with Crippen LogP contribution in [0.15, 0.2) is 27.9 Å². The Balaban J connectivity index is 2.07. The zero-order valence-corrected chi connectivity index (χ0v) is 9.67.